The van der Waals surface area contributed by atoms with Crippen LogP contribution in [0.15, 0.2) is 18.3 Å². The summed E-state index contributed by atoms with van der Waals surface area (Å²) in [5.74, 6) is 0.0829. The first-order valence-corrected chi connectivity index (χ1v) is 5.18. The average molecular weight is 204 g/mol. The van der Waals surface area contributed by atoms with E-state index in [1.807, 2.05) is 12.1 Å². The van der Waals surface area contributed by atoms with Gasteiger partial charge in [-0.2, -0.15) is 0 Å². The molecule has 0 aromatic carbocycles. The molecule has 4 nitrogen and oxygen atoms in total. The number of hydrogen-bond donors (Lipinski definition) is 1. The van der Waals surface area contributed by atoms with Gasteiger partial charge in [-0.25, -0.2) is 0 Å². The first kappa shape index (κ1) is 8.85. The second kappa shape index (κ2) is 3.03. The molecular formula is C11H12N2O2. The largest absolute Gasteiger partial charge is 0.381 e. The van der Waals surface area contributed by atoms with E-state index in [-0.39, 0.29) is 5.91 Å². The summed E-state index contributed by atoms with van der Waals surface area (Å²) in [6.45, 7) is 1.28. The maximum atomic E-state index is 12.0. The van der Waals surface area contributed by atoms with Crippen LogP contribution >= 0.6 is 0 Å². The Labute approximate surface area is 87.7 Å². The lowest BCUT2D eigenvalue weighted by Gasteiger charge is -2.30. The molecular weight excluding hydrogens is 192 g/mol. The Kier molecular flexibility index (Phi) is 1.79. The normalized spacial score (nSPS) is 22.5. The Balaban J connectivity index is 2.11. The molecule has 0 atom stereocenters. The molecule has 2 aliphatic heterocycles. The first-order valence-electron chi connectivity index (χ1n) is 5.18. The first-order chi connectivity index (χ1) is 7.33. The molecule has 4 heteroatoms. The Morgan fingerprint density at radius 1 is 1.40 bits per heavy atom. The van der Waals surface area contributed by atoms with E-state index in [2.05, 4.69) is 10.3 Å². The van der Waals surface area contributed by atoms with Gasteiger partial charge in [0.15, 0.2) is 0 Å². The van der Waals surface area contributed by atoms with Crippen molar-refractivity contribution in [3.8, 4) is 0 Å². The molecule has 1 saturated heterocycles. The SMILES string of the molecule is O=C1Nc2cccnc2C12CCOCC2. The van der Waals surface area contributed by atoms with Gasteiger partial charge in [-0.1, -0.05) is 0 Å². The van der Waals surface area contributed by atoms with Crippen LogP contribution in [0.1, 0.15) is 18.5 Å². The molecule has 1 N–H and O–H groups in total. The van der Waals surface area contributed by atoms with E-state index in [1.165, 1.54) is 0 Å². The maximum Gasteiger partial charge on any atom is 0.236 e. The van der Waals surface area contributed by atoms with Gasteiger partial charge in [-0.15, -0.1) is 0 Å². The van der Waals surface area contributed by atoms with Gasteiger partial charge < -0.3 is 10.1 Å². The van der Waals surface area contributed by atoms with Crippen LogP contribution in [0, 0.1) is 0 Å². The monoisotopic (exact) mass is 204 g/mol. The van der Waals surface area contributed by atoms with Crippen molar-refractivity contribution in [2.75, 3.05) is 18.5 Å². The average Bonchev–Trinajstić information content (AvgIpc) is 2.55. The third-order valence-electron chi connectivity index (χ3n) is 3.29. The zero-order valence-corrected chi connectivity index (χ0v) is 8.32. The highest BCUT2D eigenvalue weighted by Gasteiger charge is 2.48. The van der Waals surface area contributed by atoms with E-state index in [0.29, 0.717) is 13.2 Å². The number of amides is 1. The molecule has 3 heterocycles. The molecule has 0 unspecified atom stereocenters. The molecule has 0 saturated carbocycles. The van der Waals surface area contributed by atoms with E-state index in [4.69, 9.17) is 4.74 Å². The number of hydrogen-bond acceptors (Lipinski definition) is 3. The van der Waals surface area contributed by atoms with Crippen molar-refractivity contribution in [1.29, 1.82) is 0 Å². The number of fused-ring (bicyclic) bond motifs is 2. The smallest absolute Gasteiger partial charge is 0.236 e. The van der Waals surface area contributed by atoms with Gasteiger partial charge in [-0.3, -0.25) is 9.78 Å². The van der Waals surface area contributed by atoms with Crippen molar-refractivity contribution in [3.63, 3.8) is 0 Å². The van der Waals surface area contributed by atoms with Gasteiger partial charge in [-0.05, 0) is 25.0 Å². The predicted molar refractivity (Wildman–Crippen MR) is 54.6 cm³/mol. The van der Waals surface area contributed by atoms with Crippen molar-refractivity contribution in [3.05, 3.63) is 24.0 Å². The molecule has 15 heavy (non-hydrogen) atoms. The Morgan fingerprint density at radius 3 is 3.00 bits per heavy atom. The fourth-order valence-corrected chi connectivity index (χ4v) is 2.42. The highest BCUT2D eigenvalue weighted by molar-refractivity contribution is 6.05. The van der Waals surface area contributed by atoms with Crippen molar-refractivity contribution >= 4 is 11.6 Å². The molecule has 0 aliphatic carbocycles. The molecule has 0 radical (unpaired) electrons. The molecule has 1 fully saturated rings. The van der Waals surface area contributed by atoms with Crippen molar-refractivity contribution in [2.24, 2.45) is 0 Å². The van der Waals surface area contributed by atoms with Crippen LogP contribution in [0.4, 0.5) is 5.69 Å². The number of nitrogens with zero attached hydrogens (tertiary/aromatic N) is 1. The Bertz CT molecular complexity index is 411. The fourth-order valence-electron chi connectivity index (χ4n) is 2.42. The van der Waals surface area contributed by atoms with Gasteiger partial charge in [0, 0.05) is 19.4 Å². The number of pyridine rings is 1. The lowest BCUT2D eigenvalue weighted by Crippen LogP contribution is -2.40. The lowest BCUT2D eigenvalue weighted by molar-refractivity contribution is -0.124. The van der Waals surface area contributed by atoms with Gasteiger partial charge in [0.05, 0.1) is 16.8 Å². The van der Waals surface area contributed by atoms with Gasteiger partial charge >= 0.3 is 0 Å². The van der Waals surface area contributed by atoms with E-state index in [9.17, 15) is 4.79 Å². The summed E-state index contributed by atoms with van der Waals surface area (Å²) in [6, 6.07) is 3.75. The maximum absolute atomic E-state index is 12.0. The van der Waals surface area contributed by atoms with Crippen molar-refractivity contribution in [1.82, 2.24) is 4.98 Å². The standard InChI is InChI=1S/C11H12N2O2/c14-10-11(3-6-15-7-4-11)9-8(13-10)2-1-5-12-9/h1-2,5H,3-4,6-7H2,(H,13,14). The molecule has 78 valence electrons. The van der Waals surface area contributed by atoms with E-state index >= 15 is 0 Å². The summed E-state index contributed by atoms with van der Waals surface area (Å²) in [4.78, 5) is 16.3. The van der Waals surface area contributed by atoms with E-state index in [0.717, 1.165) is 24.2 Å². The third-order valence-corrected chi connectivity index (χ3v) is 3.29. The third kappa shape index (κ3) is 1.11. The molecule has 3 rings (SSSR count). The summed E-state index contributed by atoms with van der Waals surface area (Å²) in [6.07, 6.45) is 3.22. The summed E-state index contributed by atoms with van der Waals surface area (Å²) in [5.41, 5.74) is 1.34. The highest BCUT2D eigenvalue weighted by Crippen LogP contribution is 2.42. The van der Waals surface area contributed by atoms with Crippen molar-refractivity contribution < 1.29 is 9.53 Å². The summed E-state index contributed by atoms with van der Waals surface area (Å²) in [7, 11) is 0. The zero-order chi connectivity index (χ0) is 10.3. The summed E-state index contributed by atoms with van der Waals surface area (Å²) in [5, 5.41) is 2.90. The number of carbonyl (C=O) groups excluding carboxylic acids is 1. The molecule has 1 amide bonds. The number of rotatable bonds is 0. The van der Waals surface area contributed by atoms with Gasteiger partial charge in [0.2, 0.25) is 5.91 Å². The van der Waals surface area contributed by atoms with Crippen molar-refractivity contribution in [2.45, 2.75) is 18.3 Å². The second-order valence-corrected chi connectivity index (χ2v) is 4.05. The van der Waals surface area contributed by atoms with Crippen LogP contribution in [0.3, 0.4) is 0 Å². The van der Waals surface area contributed by atoms with Crippen LogP contribution in [-0.2, 0) is 14.9 Å². The van der Waals surface area contributed by atoms with Gasteiger partial charge in [0.25, 0.3) is 0 Å². The Hall–Kier alpha value is -1.42. The topological polar surface area (TPSA) is 51.2 Å². The Morgan fingerprint density at radius 2 is 2.20 bits per heavy atom. The van der Waals surface area contributed by atoms with E-state index in [1.54, 1.807) is 6.20 Å². The predicted octanol–water partition coefficient (Wildman–Crippen LogP) is 1.08. The fraction of sp³-hybridized carbons (Fsp3) is 0.455. The zero-order valence-electron chi connectivity index (χ0n) is 8.32. The van der Waals surface area contributed by atoms with Crippen LogP contribution < -0.4 is 5.32 Å². The molecule has 0 bridgehead atoms. The van der Waals surface area contributed by atoms with Crippen LogP contribution in [0.2, 0.25) is 0 Å². The van der Waals surface area contributed by atoms with Crippen LogP contribution in [-0.4, -0.2) is 24.1 Å². The molecule has 2 aliphatic rings. The number of nitrogens with one attached hydrogen (secondary N) is 1. The number of carbonyl (C=O) groups is 1. The minimum absolute atomic E-state index is 0.0829. The number of aromatic nitrogens is 1. The van der Waals surface area contributed by atoms with Crippen LogP contribution in [0.5, 0.6) is 0 Å². The minimum atomic E-state index is -0.422. The quantitative estimate of drug-likeness (QED) is 0.688. The van der Waals surface area contributed by atoms with E-state index < -0.39 is 5.41 Å². The number of anilines is 1. The van der Waals surface area contributed by atoms with Crippen LogP contribution in [0.25, 0.3) is 0 Å². The minimum Gasteiger partial charge on any atom is -0.381 e. The molecule has 1 spiro atoms. The number of ether oxygens (including phenoxy) is 1. The van der Waals surface area contributed by atoms with Gasteiger partial charge in [0.1, 0.15) is 0 Å². The summed E-state index contributed by atoms with van der Waals surface area (Å²) < 4.78 is 5.31. The molecule has 1 aromatic rings. The highest BCUT2D eigenvalue weighted by atomic mass is 16.5. The second-order valence-electron chi connectivity index (χ2n) is 4.05. The lowest BCUT2D eigenvalue weighted by atomic mass is 9.78. The summed E-state index contributed by atoms with van der Waals surface area (Å²) >= 11 is 0. The molecule has 1 aromatic heterocycles.